The smallest absolute Gasteiger partial charge is 0.335 e. The molecule has 18 heavy (non-hydrogen) atoms. The van der Waals surface area contributed by atoms with E-state index < -0.39 is 5.97 Å². The van der Waals surface area contributed by atoms with Gasteiger partial charge < -0.3 is 14.8 Å². The predicted molar refractivity (Wildman–Crippen MR) is 68.8 cm³/mol. The Balaban J connectivity index is 2.10. The lowest BCUT2D eigenvalue weighted by Crippen LogP contribution is -2.08. The first-order chi connectivity index (χ1) is 8.70. The Bertz CT molecular complexity index is 502. The SMILES string of the molecule is CCC(Nc1ccc(C(=O)O)cc1)c1ccco1. The molecule has 0 aliphatic rings. The summed E-state index contributed by atoms with van der Waals surface area (Å²) in [6.45, 7) is 2.06. The normalized spacial score (nSPS) is 12.1. The number of carboxylic acids is 1. The van der Waals surface area contributed by atoms with Crippen LogP contribution in [0.5, 0.6) is 0 Å². The van der Waals surface area contributed by atoms with Gasteiger partial charge in [-0.2, -0.15) is 0 Å². The van der Waals surface area contributed by atoms with E-state index in [1.165, 1.54) is 0 Å². The highest BCUT2D eigenvalue weighted by atomic mass is 16.4. The standard InChI is InChI=1S/C14H15NO3/c1-2-12(13-4-3-9-18-13)15-11-7-5-10(6-8-11)14(16)17/h3-9,12,15H,2H2,1H3,(H,16,17). The number of furan rings is 1. The fraction of sp³-hybridized carbons (Fsp3) is 0.214. The quantitative estimate of drug-likeness (QED) is 0.845. The summed E-state index contributed by atoms with van der Waals surface area (Å²) >= 11 is 0. The summed E-state index contributed by atoms with van der Waals surface area (Å²) in [7, 11) is 0. The molecule has 0 saturated carbocycles. The number of rotatable bonds is 5. The minimum Gasteiger partial charge on any atom is -0.478 e. The van der Waals surface area contributed by atoms with Crippen molar-refractivity contribution < 1.29 is 14.3 Å². The monoisotopic (exact) mass is 245 g/mol. The average molecular weight is 245 g/mol. The highest BCUT2D eigenvalue weighted by molar-refractivity contribution is 5.88. The van der Waals surface area contributed by atoms with E-state index in [1.807, 2.05) is 12.1 Å². The van der Waals surface area contributed by atoms with E-state index in [-0.39, 0.29) is 11.6 Å². The van der Waals surface area contributed by atoms with Crippen LogP contribution in [0.25, 0.3) is 0 Å². The number of benzene rings is 1. The van der Waals surface area contributed by atoms with Gasteiger partial charge in [-0.15, -0.1) is 0 Å². The third kappa shape index (κ3) is 2.71. The van der Waals surface area contributed by atoms with Crippen molar-refractivity contribution in [2.45, 2.75) is 19.4 Å². The fourth-order valence-corrected chi connectivity index (χ4v) is 1.77. The number of hydrogen-bond acceptors (Lipinski definition) is 3. The van der Waals surface area contributed by atoms with Gasteiger partial charge in [-0.1, -0.05) is 6.92 Å². The Kier molecular flexibility index (Phi) is 3.67. The molecule has 0 amide bonds. The minimum atomic E-state index is -0.917. The van der Waals surface area contributed by atoms with E-state index in [4.69, 9.17) is 9.52 Å². The molecule has 1 aromatic heterocycles. The maximum Gasteiger partial charge on any atom is 0.335 e. The molecule has 2 rings (SSSR count). The van der Waals surface area contributed by atoms with Gasteiger partial charge in [0.2, 0.25) is 0 Å². The van der Waals surface area contributed by atoms with Gasteiger partial charge in [0.05, 0.1) is 17.9 Å². The van der Waals surface area contributed by atoms with Crippen LogP contribution in [0.15, 0.2) is 47.1 Å². The van der Waals surface area contributed by atoms with Crippen LogP contribution in [0.3, 0.4) is 0 Å². The van der Waals surface area contributed by atoms with E-state index >= 15 is 0 Å². The number of aromatic carboxylic acids is 1. The molecule has 0 radical (unpaired) electrons. The fourth-order valence-electron chi connectivity index (χ4n) is 1.77. The van der Waals surface area contributed by atoms with Gasteiger partial charge >= 0.3 is 5.97 Å². The van der Waals surface area contributed by atoms with E-state index in [0.717, 1.165) is 17.9 Å². The Morgan fingerprint density at radius 2 is 2.06 bits per heavy atom. The average Bonchev–Trinajstić information content (AvgIpc) is 2.90. The molecule has 1 unspecified atom stereocenters. The lowest BCUT2D eigenvalue weighted by atomic mass is 10.1. The second-order valence-corrected chi connectivity index (χ2v) is 4.00. The molecule has 4 nitrogen and oxygen atoms in total. The summed E-state index contributed by atoms with van der Waals surface area (Å²) < 4.78 is 5.36. The second kappa shape index (κ2) is 5.40. The Morgan fingerprint density at radius 1 is 1.33 bits per heavy atom. The summed E-state index contributed by atoms with van der Waals surface area (Å²) in [6.07, 6.45) is 2.53. The van der Waals surface area contributed by atoms with Crippen molar-refractivity contribution in [3.05, 3.63) is 54.0 Å². The van der Waals surface area contributed by atoms with Gasteiger partial charge in [-0.05, 0) is 42.8 Å². The highest BCUT2D eigenvalue weighted by Gasteiger charge is 2.11. The predicted octanol–water partition coefficient (Wildman–Crippen LogP) is 3.54. The number of carbonyl (C=O) groups is 1. The first-order valence-electron chi connectivity index (χ1n) is 5.84. The highest BCUT2D eigenvalue weighted by Crippen LogP contribution is 2.23. The van der Waals surface area contributed by atoms with Crippen molar-refractivity contribution in [1.29, 1.82) is 0 Å². The zero-order valence-electron chi connectivity index (χ0n) is 10.1. The van der Waals surface area contributed by atoms with Crippen LogP contribution in [-0.4, -0.2) is 11.1 Å². The van der Waals surface area contributed by atoms with Crippen LogP contribution in [0, 0.1) is 0 Å². The molecule has 1 heterocycles. The molecule has 0 fully saturated rings. The van der Waals surface area contributed by atoms with E-state index in [1.54, 1.807) is 30.5 Å². The zero-order valence-corrected chi connectivity index (χ0v) is 10.1. The topological polar surface area (TPSA) is 62.5 Å². The molecule has 0 saturated heterocycles. The first kappa shape index (κ1) is 12.2. The lowest BCUT2D eigenvalue weighted by molar-refractivity contribution is 0.0697. The van der Waals surface area contributed by atoms with Crippen LogP contribution < -0.4 is 5.32 Å². The summed E-state index contributed by atoms with van der Waals surface area (Å²) in [5.41, 5.74) is 1.16. The van der Waals surface area contributed by atoms with Crippen LogP contribution in [-0.2, 0) is 0 Å². The molecule has 2 aromatic rings. The summed E-state index contributed by atoms with van der Waals surface area (Å²) in [4.78, 5) is 10.7. The van der Waals surface area contributed by atoms with Crippen molar-refractivity contribution in [1.82, 2.24) is 0 Å². The molecular weight excluding hydrogens is 230 g/mol. The summed E-state index contributed by atoms with van der Waals surface area (Å²) in [5.74, 6) is -0.0422. The molecule has 0 bridgehead atoms. The third-order valence-corrected chi connectivity index (χ3v) is 2.77. The van der Waals surface area contributed by atoms with Gasteiger partial charge in [0, 0.05) is 5.69 Å². The Morgan fingerprint density at radius 3 is 2.56 bits per heavy atom. The molecule has 1 atom stereocenters. The Hall–Kier alpha value is -2.23. The van der Waals surface area contributed by atoms with E-state index in [2.05, 4.69) is 12.2 Å². The van der Waals surface area contributed by atoms with E-state index in [9.17, 15) is 4.79 Å². The van der Waals surface area contributed by atoms with Crippen LogP contribution in [0.2, 0.25) is 0 Å². The maximum absolute atomic E-state index is 10.7. The number of anilines is 1. The molecule has 94 valence electrons. The molecule has 4 heteroatoms. The lowest BCUT2D eigenvalue weighted by Gasteiger charge is -2.16. The van der Waals surface area contributed by atoms with Gasteiger partial charge in [0.1, 0.15) is 5.76 Å². The molecule has 0 aliphatic carbocycles. The van der Waals surface area contributed by atoms with Crippen molar-refractivity contribution in [2.75, 3.05) is 5.32 Å². The van der Waals surface area contributed by atoms with Crippen molar-refractivity contribution in [3.63, 3.8) is 0 Å². The van der Waals surface area contributed by atoms with E-state index in [0.29, 0.717) is 0 Å². The van der Waals surface area contributed by atoms with Crippen LogP contribution in [0.4, 0.5) is 5.69 Å². The number of nitrogens with one attached hydrogen (secondary N) is 1. The minimum absolute atomic E-state index is 0.0932. The van der Waals surface area contributed by atoms with Gasteiger partial charge in [-0.25, -0.2) is 4.79 Å². The maximum atomic E-state index is 10.7. The van der Waals surface area contributed by atoms with Gasteiger partial charge in [0.25, 0.3) is 0 Å². The molecular formula is C14H15NO3. The Labute approximate surface area is 105 Å². The van der Waals surface area contributed by atoms with Crippen molar-refractivity contribution >= 4 is 11.7 Å². The first-order valence-corrected chi connectivity index (χ1v) is 5.84. The van der Waals surface area contributed by atoms with Crippen LogP contribution in [0.1, 0.15) is 35.5 Å². The van der Waals surface area contributed by atoms with Crippen molar-refractivity contribution in [2.24, 2.45) is 0 Å². The summed E-state index contributed by atoms with van der Waals surface area (Å²) in [6, 6.07) is 10.6. The second-order valence-electron chi connectivity index (χ2n) is 4.00. The largest absolute Gasteiger partial charge is 0.478 e. The molecule has 1 aromatic carbocycles. The van der Waals surface area contributed by atoms with Crippen molar-refractivity contribution in [3.8, 4) is 0 Å². The van der Waals surface area contributed by atoms with Crippen LogP contribution >= 0.6 is 0 Å². The molecule has 0 aliphatic heterocycles. The van der Waals surface area contributed by atoms with Gasteiger partial charge in [0.15, 0.2) is 0 Å². The van der Waals surface area contributed by atoms with Gasteiger partial charge in [-0.3, -0.25) is 0 Å². The summed E-state index contributed by atoms with van der Waals surface area (Å²) in [5, 5.41) is 12.1. The molecule has 0 spiro atoms. The number of carboxylic acid groups (broad SMARTS) is 1. The number of hydrogen-bond donors (Lipinski definition) is 2. The molecule has 2 N–H and O–H groups in total. The third-order valence-electron chi connectivity index (χ3n) is 2.77. The zero-order chi connectivity index (χ0) is 13.0.